The molecule has 0 spiro atoms. The summed E-state index contributed by atoms with van der Waals surface area (Å²) in [7, 11) is 0. The van der Waals surface area contributed by atoms with Gasteiger partial charge in [0.05, 0.1) is 23.3 Å². The molecule has 1 saturated carbocycles. The Morgan fingerprint density at radius 3 is 1.69 bits per heavy atom. The number of carbonyl (C=O) groups is 1. The van der Waals surface area contributed by atoms with Crippen molar-refractivity contribution in [3.63, 3.8) is 0 Å². The van der Waals surface area contributed by atoms with Crippen LogP contribution >= 0.6 is 12.4 Å². The second-order valence-corrected chi connectivity index (χ2v) is 10.5. The van der Waals surface area contributed by atoms with Crippen LogP contribution in [0, 0.1) is 22.7 Å². The summed E-state index contributed by atoms with van der Waals surface area (Å²) >= 11 is 0. The van der Waals surface area contributed by atoms with Crippen LogP contribution in [0.1, 0.15) is 99.8 Å². The van der Waals surface area contributed by atoms with Gasteiger partial charge in [0.15, 0.2) is 0 Å². The van der Waals surface area contributed by atoms with Gasteiger partial charge in [-0.25, -0.2) is 4.79 Å². The Bertz CT molecular complexity index is 1070. The fourth-order valence-corrected chi connectivity index (χ4v) is 5.02. The number of halogens is 1. The average Bonchev–Trinajstić information content (AvgIpc) is 2.88. The summed E-state index contributed by atoms with van der Waals surface area (Å²) in [5, 5.41) is 18.2. The van der Waals surface area contributed by atoms with Crippen molar-refractivity contribution in [3.05, 3.63) is 70.8 Å². The summed E-state index contributed by atoms with van der Waals surface area (Å²) in [5.74, 6) is 0.985. The van der Waals surface area contributed by atoms with Crippen LogP contribution < -0.4 is 0 Å². The molecular weight excluding hydrogens is 470 g/mol. The fourth-order valence-electron chi connectivity index (χ4n) is 5.02. The lowest BCUT2D eigenvalue weighted by atomic mass is 9.82. The van der Waals surface area contributed by atoms with E-state index in [0.717, 1.165) is 29.5 Å². The second-order valence-electron chi connectivity index (χ2n) is 10.5. The molecule has 2 aromatic rings. The number of benzene rings is 2. The van der Waals surface area contributed by atoms with Gasteiger partial charge in [0, 0.05) is 13.1 Å². The van der Waals surface area contributed by atoms with Crippen molar-refractivity contribution in [2.24, 2.45) is 0 Å². The van der Waals surface area contributed by atoms with Gasteiger partial charge in [-0.15, -0.1) is 12.4 Å². The third-order valence-corrected chi connectivity index (χ3v) is 6.79. The highest BCUT2D eigenvalue weighted by Crippen LogP contribution is 2.34. The third-order valence-electron chi connectivity index (χ3n) is 6.79. The maximum Gasteiger partial charge on any atom is 0.410 e. The Morgan fingerprint density at radius 1 is 0.806 bits per heavy atom. The standard InChI is InChI=1S/C17H22N2O2.C13H15N.ClH/c1-17(2,3)21-16(20)19-10-8-13(9-11-19)15-7-5-4-6-14(15)12-18;14-10-12-8-4-5-9-13(12)11-6-2-1-3-7-11;/h4-7,13H,8-11H2,1-3H3;4-5,8-9,11H,1-3,6-7H2;1H. The summed E-state index contributed by atoms with van der Waals surface area (Å²) in [5.41, 5.74) is 3.53. The number of carbonyl (C=O) groups excluding carboxylic acids is 1. The van der Waals surface area contributed by atoms with Crippen molar-refractivity contribution in [1.82, 2.24) is 4.90 Å². The number of ether oxygens (including phenoxy) is 1. The monoisotopic (exact) mass is 507 g/mol. The molecule has 4 rings (SSSR count). The normalized spacial score (nSPS) is 16.4. The van der Waals surface area contributed by atoms with E-state index >= 15 is 0 Å². The predicted molar refractivity (Wildman–Crippen MR) is 145 cm³/mol. The predicted octanol–water partition coefficient (Wildman–Crippen LogP) is 7.70. The zero-order valence-corrected chi connectivity index (χ0v) is 22.5. The minimum Gasteiger partial charge on any atom is -0.444 e. The minimum absolute atomic E-state index is 0. The van der Waals surface area contributed by atoms with Crippen molar-refractivity contribution >= 4 is 18.5 Å². The first-order valence-corrected chi connectivity index (χ1v) is 12.8. The van der Waals surface area contributed by atoms with E-state index in [-0.39, 0.29) is 18.5 Å². The number of rotatable bonds is 2. The van der Waals surface area contributed by atoms with Gasteiger partial charge in [-0.2, -0.15) is 10.5 Å². The lowest BCUT2D eigenvalue weighted by Gasteiger charge is -2.33. The van der Waals surface area contributed by atoms with Crippen molar-refractivity contribution in [2.45, 2.75) is 83.2 Å². The molecule has 1 aliphatic heterocycles. The van der Waals surface area contributed by atoms with Gasteiger partial charge in [-0.3, -0.25) is 0 Å². The Balaban J connectivity index is 0.000000265. The highest BCUT2D eigenvalue weighted by Gasteiger charge is 2.28. The summed E-state index contributed by atoms with van der Waals surface area (Å²) in [6, 6.07) is 20.3. The van der Waals surface area contributed by atoms with E-state index in [4.69, 9.17) is 10.00 Å². The SMILES string of the molecule is CC(C)(C)OC(=O)N1CCC(c2ccccc2C#N)CC1.Cl.N#Cc1ccccc1C1CCCCC1. The Hall–Kier alpha value is -3.02. The van der Waals surface area contributed by atoms with E-state index in [0.29, 0.717) is 24.9 Å². The molecule has 1 aliphatic carbocycles. The van der Waals surface area contributed by atoms with Crippen molar-refractivity contribution in [3.8, 4) is 12.1 Å². The van der Waals surface area contributed by atoms with Gasteiger partial charge in [0.25, 0.3) is 0 Å². The lowest BCUT2D eigenvalue weighted by Crippen LogP contribution is -2.41. The highest BCUT2D eigenvalue weighted by atomic mass is 35.5. The van der Waals surface area contributed by atoms with Gasteiger partial charge in [-0.1, -0.05) is 55.7 Å². The number of likely N-dealkylation sites (tertiary alicyclic amines) is 1. The minimum atomic E-state index is -0.457. The van der Waals surface area contributed by atoms with E-state index in [2.05, 4.69) is 18.2 Å². The van der Waals surface area contributed by atoms with Crippen LogP contribution in [0.25, 0.3) is 0 Å². The number of hydrogen-bond donors (Lipinski definition) is 0. The molecule has 0 atom stereocenters. The van der Waals surface area contributed by atoms with Crippen molar-refractivity contribution < 1.29 is 9.53 Å². The van der Waals surface area contributed by atoms with Gasteiger partial charge in [-0.05, 0) is 81.5 Å². The topological polar surface area (TPSA) is 77.1 Å². The molecular formula is C30H38ClN3O2. The highest BCUT2D eigenvalue weighted by molar-refractivity contribution is 5.85. The van der Waals surface area contributed by atoms with E-state index in [1.165, 1.54) is 37.7 Å². The van der Waals surface area contributed by atoms with Crippen LogP contribution in [-0.2, 0) is 4.74 Å². The summed E-state index contributed by atoms with van der Waals surface area (Å²) in [4.78, 5) is 13.8. The van der Waals surface area contributed by atoms with E-state index in [1.807, 2.05) is 63.2 Å². The number of piperidine rings is 1. The number of nitriles is 2. The van der Waals surface area contributed by atoms with Crippen LogP contribution in [0.4, 0.5) is 4.79 Å². The third kappa shape index (κ3) is 8.28. The smallest absolute Gasteiger partial charge is 0.410 e. The molecule has 0 unspecified atom stereocenters. The molecule has 0 bridgehead atoms. The zero-order valence-electron chi connectivity index (χ0n) is 21.7. The van der Waals surface area contributed by atoms with Crippen LogP contribution in [0.3, 0.4) is 0 Å². The van der Waals surface area contributed by atoms with E-state index < -0.39 is 5.60 Å². The molecule has 1 saturated heterocycles. The molecule has 2 aromatic carbocycles. The van der Waals surface area contributed by atoms with E-state index in [9.17, 15) is 10.1 Å². The van der Waals surface area contributed by atoms with Crippen LogP contribution in [0.15, 0.2) is 48.5 Å². The molecule has 6 heteroatoms. The second kappa shape index (κ2) is 13.9. The average molecular weight is 508 g/mol. The van der Waals surface area contributed by atoms with Gasteiger partial charge in [0.2, 0.25) is 0 Å². The quantitative estimate of drug-likeness (QED) is 0.417. The summed E-state index contributed by atoms with van der Waals surface area (Å²) in [6.07, 6.45) is 8.04. The molecule has 2 aliphatic rings. The first-order valence-electron chi connectivity index (χ1n) is 12.8. The van der Waals surface area contributed by atoms with Gasteiger partial charge < -0.3 is 9.64 Å². The molecule has 2 fully saturated rings. The lowest BCUT2D eigenvalue weighted by molar-refractivity contribution is 0.0205. The molecule has 5 nitrogen and oxygen atoms in total. The molecule has 0 N–H and O–H groups in total. The first-order chi connectivity index (χ1) is 16.8. The molecule has 1 heterocycles. The number of nitrogens with zero attached hydrogens (tertiary/aromatic N) is 3. The van der Waals surface area contributed by atoms with Crippen molar-refractivity contribution in [2.75, 3.05) is 13.1 Å². The Kier molecular flexibility index (Phi) is 11.3. The van der Waals surface area contributed by atoms with E-state index in [1.54, 1.807) is 4.90 Å². The van der Waals surface area contributed by atoms with Gasteiger partial charge >= 0.3 is 6.09 Å². The zero-order chi connectivity index (χ0) is 25.3. The van der Waals surface area contributed by atoms with Crippen molar-refractivity contribution in [1.29, 1.82) is 10.5 Å². The van der Waals surface area contributed by atoms with Gasteiger partial charge in [0.1, 0.15) is 5.60 Å². The fraction of sp³-hybridized carbons (Fsp3) is 0.500. The molecule has 36 heavy (non-hydrogen) atoms. The molecule has 0 radical (unpaired) electrons. The molecule has 192 valence electrons. The maximum absolute atomic E-state index is 12.0. The Morgan fingerprint density at radius 2 is 1.25 bits per heavy atom. The molecule has 0 aromatic heterocycles. The maximum atomic E-state index is 12.0. The van der Waals surface area contributed by atoms with Crippen LogP contribution in [0.5, 0.6) is 0 Å². The number of hydrogen-bond acceptors (Lipinski definition) is 4. The molecule has 1 amide bonds. The van der Waals surface area contributed by atoms with Crippen LogP contribution in [0.2, 0.25) is 0 Å². The summed E-state index contributed by atoms with van der Waals surface area (Å²) in [6.45, 7) is 6.99. The Labute approximate surface area is 222 Å². The summed E-state index contributed by atoms with van der Waals surface area (Å²) < 4.78 is 5.40. The largest absolute Gasteiger partial charge is 0.444 e. The number of amides is 1. The van der Waals surface area contributed by atoms with Crippen LogP contribution in [-0.4, -0.2) is 29.7 Å². The first kappa shape index (κ1) is 29.2.